The van der Waals surface area contributed by atoms with Gasteiger partial charge >= 0.3 is 6.18 Å². The van der Waals surface area contributed by atoms with E-state index in [4.69, 9.17) is 4.74 Å². The Morgan fingerprint density at radius 2 is 1.92 bits per heavy atom. The summed E-state index contributed by atoms with van der Waals surface area (Å²) in [6.45, 7) is 4.02. The number of halogens is 3. The molecule has 0 fully saturated rings. The van der Waals surface area contributed by atoms with Crippen LogP contribution in [0.15, 0.2) is 0 Å². The zero-order valence-corrected chi connectivity index (χ0v) is 7.45. The number of alkyl halides is 3. The molecule has 0 aromatic carbocycles. The van der Waals surface area contributed by atoms with Gasteiger partial charge in [0.15, 0.2) is 0 Å². The van der Waals surface area contributed by atoms with Crippen molar-refractivity contribution in [2.75, 3.05) is 13.2 Å². The first-order valence-corrected chi connectivity index (χ1v) is 4.13. The van der Waals surface area contributed by atoms with Gasteiger partial charge in [-0.15, -0.1) is 0 Å². The second kappa shape index (κ2) is 5.41. The largest absolute Gasteiger partial charge is 0.391 e. The molecule has 0 heterocycles. The van der Waals surface area contributed by atoms with E-state index in [0.29, 0.717) is 19.6 Å². The molecule has 0 bridgehead atoms. The molecule has 0 amide bonds. The molecule has 0 aromatic rings. The number of hydrogen-bond acceptors (Lipinski definition) is 1. The van der Waals surface area contributed by atoms with Gasteiger partial charge in [-0.25, -0.2) is 0 Å². The quantitative estimate of drug-likeness (QED) is 0.597. The average Bonchev–Trinajstić information content (AvgIpc) is 1.96. The van der Waals surface area contributed by atoms with E-state index in [2.05, 4.69) is 0 Å². The number of ether oxygens (including phenoxy) is 1. The number of rotatable bonds is 5. The third-order valence-electron chi connectivity index (χ3n) is 1.69. The predicted octanol–water partition coefficient (Wildman–Crippen LogP) is 3.00. The molecule has 0 spiro atoms. The van der Waals surface area contributed by atoms with Gasteiger partial charge in [0, 0.05) is 13.2 Å². The minimum Gasteiger partial charge on any atom is -0.382 e. The van der Waals surface area contributed by atoms with E-state index in [1.54, 1.807) is 0 Å². The molecule has 0 radical (unpaired) electrons. The Morgan fingerprint density at radius 3 is 2.33 bits per heavy atom. The van der Waals surface area contributed by atoms with Crippen LogP contribution in [0.4, 0.5) is 13.2 Å². The predicted molar refractivity (Wildman–Crippen MR) is 40.9 cm³/mol. The van der Waals surface area contributed by atoms with E-state index in [1.165, 1.54) is 6.92 Å². The van der Waals surface area contributed by atoms with Crippen molar-refractivity contribution in [3.8, 4) is 0 Å². The van der Waals surface area contributed by atoms with Gasteiger partial charge in [0.05, 0.1) is 5.92 Å². The molecule has 0 aliphatic carbocycles. The Balaban J connectivity index is 3.38. The van der Waals surface area contributed by atoms with Gasteiger partial charge in [0.1, 0.15) is 0 Å². The van der Waals surface area contributed by atoms with Crippen molar-refractivity contribution in [2.24, 2.45) is 5.92 Å². The first-order valence-electron chi connectivity index (χ1n) is 4.13. The van der Waals surface area contributed by atoms with Gasteiger partial charge < -0.3 is 4.74 Å². The second-order valence-corrected chi connectivity index (χ2v) is 2.78. The van der Waals surface area contributed by atoms with Crippen LogP contribution in [0.5, 0.6) is 0 Å². The van der Waals surface area contributed by atoms with Crippen LogP contribution >= 0.6 is 0 Å². The summed E-state index contributed by atoms with van der Waals surface area (Å²) in [6.07, 6.45) is -3.41. The van der Waals surface area contributed by atoms with Gasteiger partial charge in [0.2, 0.25) is 0 Å². The van der Waals surface area contributed by atoms with Crippen LogP contribution in [0.3, 0.4) is 0 Å². The zero-order valence-electron chi connectivity index (χ0n) is 7.45. The van der Waals surface area contributed by atoms with Crippen molar-refractivity contribution in [2.45, 2.75) is 32.9 Å². The summed E-state index contributed by atoms with van der Waals surface area (Å²) in [7, 11) is 0. The average molecular weight is 184 g/mol. The SMILES string of the molecule is CCOCCCC(C)C(F)(F)F. The Kier molecular flexibility index (Phi) is 5.29. The van der Waals surface area contributed by atoms with Crippen molar-refractivity contribution in [1.29, 1.82) is 0 Å². The molecule has 4 heteroatoms. The molecule has 1 unspecified atom stereocenters. The lowest BCUT2D eigenvalue weighted by Gasteiger charge is -2.14. The molecule has 12 heavy (non-hydrogen) atoms. The van der Waals surface area contributed by atoms with Crippen LogP contribution in [0.2, 0.25) is 0 Å². The van der Waals surface area contributed by atoms with E-state index in [1.807, 2.05) is 6.92 Å². The summed E-state index contributed by atoms with van der Waals surface area (Å²) in [5, 5.41) is 0. The second-order valence-electron chi connectivity index (χ2n) is 2.78. The molecule has 0 rings (SSSR count). The molecule has 1 atom stereocenters. The van der Waals surface area contributed by atoms with Crippen molar-refractivity contribution >= 4 is 0 Å². The molecule has 74 valence electrons. The van der Waals surface area contributed by atoms with Crippen LogP contribution in [-0.4, -0.2) is 19.4 Å². The first-order chi connectivity index (χ1) is 5.48. The maximum Gasteiger partial charge on any atom is 0.391 e. The topological polar surface area (TPSA) is 9.23 Å². The van der Waals surface area contributed by atoms with E-state index in [-0.39, 0.29) is 6.42 Å². The zero-order chi connectivity index (χ0) is 9.61. The summed E-state index contributed by atoms with van der Waals surface area (Å²) in [6, 6.07) is 0. The van der Waals surface area contributed by atoms with Crippen LogP contribution < -0.4 is 0 Å². The van der Waals surface area contributed by atoms with E-state index >= 15 is 0 Å². The van der Waals surface area contributed by atoms with Crippen LogP contribution in [-0.2, 0) is 4.74 Å². The Labute approximate surface area is 70.9 Å². The van der Waals surface area contributed by atoms with Crippen LogP contribution in [0.1, 0.15) is 26.7 Å². The van der Waals surface area contributed by atoms with Gasteiger partial charge in [0.25, 0.3) is 0 Å². The Morgan fingerprint density at radius 1 is 1.33 bits per heavy atom. The molecule has 0 saturated heterocycles. The minimum atomic E-state index is -4.05. The van der Waals surface area contributed by atoms with E-state index < -0.39 is 12.1 Å². The lowest BCUT2D eigenvalue weighted by Crippen LogP contribution is -2.20. The Bertz CT molecular complexity index is 111. The fraction of sp³-hybridized carbons (Fsp3) is 1.00. The molecule has 0 aliphatic heterocycles. The standard InChI is InChI=1S/C8H15F3O/c1-3-12-6-4-5-7(2)8(9,10)11/h7H,3-6H2,1-2H3. The van der Waals surface area contributed by atoms with Gasteiger partial charge in [-0.05, 0) is 19.8 Å². The van der Waals surface area contributed by atoms with Gasteiger partial charge in [-0.2, -0.15) is 13.2 Å². The third-order valence-corrected chi connectivity index (χ3v) is 1.69. The normalized spacial score (nSPS) is 14.8. The molecule has 0 N–H and O–H groups in total. The van der Waals surface area contributed by atoms with Crippen molar-refractivity contribution < 1.29 is 17.9 Å². The maximum absolute atomic E-state index is 11.9. The van der Waals surface area contributed by atoms with Crippen molar-refractivity contribution in [3.63, 3.8) is 0 Å². The van der Waals surface area contributed by atoms with Crippen LogP contribution in [0, 0.1) is 5.92 Å². The molecule has 0 saturated carbocycles. The lowest BCUT2D eigenvalue weighted by molar-refractivity contribution is -0.171. The lowest BCUT2D eigenvalue weighted by atomic mass is 10.1. The summed E-state index contributed by atoms with van der Waals surface area (Å²) >= 11 is 0. The Hall–Kier alpha value is -0.250. The monoisotopic (exact) mass is 184 g/mol. The van der Waals surface area contributed by atoms with E-state index in [9.17, 15) is 13.2 Å². The first kappa shape index (κ1) is 11.8. The smallest absolute Gasteiger partial charge is 0.382 e. The highest BCUT2D eigenvalue weighted by Gasteiger charge is 2.34. The molecule has 0 aromatic heterocycles. The highest BCUT2D eigenvalue weighted by atomic mass is 19.4. The number of hydrogen-bond donors (Lipinski definition) is 0. The third kappa shape index (κ3) is 5.41. The molecular formula is C8H15F3O. The van der Waals surface area contributed by atoms with Crippen molar-refractivity contribution in [1.82, 2.24) is 0 Å². The fourth-order valence-electron chi connectivity index (χ4n) is 0.800. The summed E-state index contributed by atoms with van der Waals surface area (Å²) in [5.41, 5.74) is 0. The molecular weight excluding hydrogens is 169 g/mol. The minimum absolute atomic E-state index is 0.156. The van der Waals surface area contributed by atoms with Gasteiger partial charge in [-0.1, -0.05) is 6.92 Å². The highest BCUT2D eigenvalue weighted by Crippen LogP contribution is 2.28. The van der Waals surface area contributed by atoms with E-state index in [0.717, 1.165) is 0 Å². The molecule has 1 nitrogen and oxygen atoms in total. The molecule has 0 aliphatic rings. The fourth-order valence-corrected chi connectivity index (χ4v) is 0.800. The maximum atomic E-state index is 11.9. The van der Waals surface area contributed by atoms with Crippen LogP contribution in [0.25, 0.3) is 0 Å². The summed E-state index contributed by atoms with van der Waals surface area (Å²) in [4.78, 5) is 0. The van der Waals surface area contributed by atoms with Crippen molar-refractivity contribution in [3.05, 3.63) is 0 Å². The highest BCUT2D eigenvalue weighted by molar-refractivity contribution is 4.61. The summed E-state index contributed by atoms with van der Waals surface area (Å²) < 4.78 is 40.7. The van der Waals surface area contributed by atoms with Gasteiger partial charge in [-0.3, -0.25) is 0 Å². The summed E-state index contributed by atoms with van der Waals surface area (Å²) in [5.74, 6) is -1.21.